The van der Waals surface area contributed by atoms with Crippen LogP contribution < -0.4 is 0 Å². The summed E-state index contributed by atoms with van der Waals surface area (Å²) in [6.07, 6.45) is 36.7. The normalized spacial score (nSPS) is 20.7. The van der Waals surface area contributed by atoms with E-state index >= 15 is 0 Å². The van der Waals surface area contributed by atoms with Gasteiger partial charge in [0.25, 0.3) is 0 Å². The van der Waals surface area contributed by atoms with Gasteiger partial charge in [0.2, 0.25) is 0 Å². The Bertz CT molecular complexity index is 1240. The zero-order valence-corrected chi connectivity index (χ0v) is 35.5. The average molecular weight is 817 g/mol. The predicted molar refractivity (Wildman–Crippen MR) is 229 cm³/mol. The third-order valence-corrected chi connectivity index (χ3v) is 9.54. The number of rotatable bonds is 35. The number of hydrogen-bond donors (Lipinski definition) is 4. The highest BCUT2D eigenvalue weighted by atomic mass is 16.7. The molecule has 6 unspecified atom stereocenters. The number of carbonyl (C=O) groups is 3. The molecule has 1 heterocycles. The molecule has 0 saturated carbocycles. The highest BCUT2D eigenvalue weighted by Crippen LogP contribution is 2.23. The quantitative estimate of drug-likeness (QED) is 0.0273. The molecular weight excluding hydrogens is 741 g/mol. The van der Waals surface area contributed by atoms with Crippen molar-refractivity contribution in [2.45, 2.75) is 192 Å². The van der Waals surface area contributed by atoms with E-state index in [1.54, 1.807) is 0 Å². The van der Waals surface area contributed by atoms with Crippen LogP contribution >= 0.6 is 0 Å². The number of aliphatic carboxylic acids is 1. The lowest BCUT2D eigenvalue weighted by molar-refractivity contribution is -0.298. The van der Waals surface area contributed by atoms with Gasteiger partial charge >= 0.3 is 17.9 Å². The van der Waals surface area contributed by atoms with Crippen molar-refractivity contribution in [1.82, 2.24) is 0 Å². The second-order valence-corrected chi connectivity index (χ2v) is 14.8. The molecule has 0 aromatic carbocycles. The zero-order chi connectivity index (χ0) is 42.5. The van der Waals surface area contributed by atoms with Gasteiger partial charge in [-0.15, -0.1) is 0 Å². The van der Waals surface area contributed by atoms with Crippen LogP contribution in [0.3, 0.4) is 0 Å². The molecule has 1 aliphatic heterocycles. The Morgan fingerprint density at radius 1 is 0.552 bits per heavy atom. The Morgan fingerprint density at radius 3 is 1.57 bits per heavy atom. The topological polar surface area (TPSA) is 169 Å². The molecule has 0 aromatic rings. The molecule has 0 aliphatic carbocycles. The Morgan fingerprint density at radius 2 is 1.02 bits per heavy atom. The molecule has 58 heavy (non-hydrogen) atoms. The molecule has 0 aromatic heterocycles. The number of esters is 2. The van der Waals surface area contributed by atoms with Crippen molar-refractivity contribution >= 4 is 17.9 Å². The minimum Gasteiger partial charge on any atom is -0.479 e. The fourth-order valence-electron chi connectivity index (χ4n) is 6.07. The molecule has 0 spiro atoms. The second kappa shape index (κ2) is 36.7. The van der Waals surface area contributed by atoms with Crippen LogP contribution in [0.2, 0.25) is 0 Å². The SMILES string of the molecule is CC/C=C\C/C=C\C/C=C\C/C=C\C/C=C\CCCCCC(=O)OCC(COC1OC(C(=O)O)C(O)C(O)C1O)OC(=O)CCCCCCC/C=C\CCCCCC. The lowest BCUT2D eigenvalue weighted by atomic mass is 9.99. The first-order valence-electron chi connectivity index (χ1n) is 22.0. The van der Waals surface area contributed by atoms with E-state index in [1.165, 1.54) is 25.7 Å². The molecular formula is C47H76O11. The first-order valence-corrected chi connectivity index (χ1v) is 22.0. The van der Waals surface area contributed by atoms with Crippen molar-refractivity contribution in [3.8, 4) is 0 Å². The lowest BCUT2D eigenvalue weighted by Gasteiger charge is -2.38. The van der Waals surface area contributed by atoms with E-state index in [0.29, 0.717) is 12.8 Å². The molecule has 6 atom stereocenters. The van der Waals surface area contributed by atoms with Crippen molar-refractivity contribution in [1.29, 1.82) is 0 Å². The van der Waals surface area contributed by atoms with Gasteiger partial charge in [-0.2, -0.15) is 0 Å². The molecule has 11 nitrogen and oxygen atoms in total. The van der Waals surface area contributed by atoms with Crippen LogP contribution in [-0.4, -0.2) is 88.4 Å². The number of carboxylic acid groups (broad SMARTS) is 1. The third-order valence-electron chi connectivity index (χ3n) is 9.54. The van der Waals surface area contributed by atoms with Gasteiger partial charge in [-0.05, 0) is 83.5 Å². The number of carboxylic acids is 1. The number of aliphatic hydroxyl groups is 3. The van der Waals surface area contributed by atoms with E-state index in [1.807, 2.05) is 0 Å². The van der Waals surface area contributed by atoms with E-state index < -0.39 is 61.3 Å². The van der Waals surface area contributed by atoms with Gasteiger partial charge in [0.1, 0.15) is 24.9 Å². The number of ether oxygens (including phenoxy) is 4. The Kier molecular flexibility index (Phi) is 33.3. The molecule has 0 bridgehead atoms. The second-order valence-electron chi connectivity index (χ2n) is 14.8. The molecule has 1 aliphatic rings. The number of aliphatic hydroxyl groups excluding tert-OH is 3. The van der Waals surface area contributed by atoms with E-state index in [2.05, 4.69) is 86.8 Å². The summed E-state index contributed by atoms with van der Waals surface area (Å²) < 4.78 is 21.7. The first kappa shape index (κ1) is 52.7. The van der Waals surface area contributed by atoms with Crippen LogP contribution in [0.1, 0.15) is 155 Å². The van der Waals surface area contributed by atoms with Crippen molar-refractivity contribution in [3.05, 3.63) is 72.9 Å². The molecule has 1 saturated heterocycles. The number of hydrogen-bond acceptors (Lipinski definition) is 10. The van der Waals surface area contributed by atoms with Crippen molar-refractivity contribution in [2.75, 3.05) is 13.2 Å². The van der Waals surface area contributed by atoms with Gasteiger partial charge < -0.3 is 39.4 Å². The maximum atomic E-state index is 12.7. The van der Waals surface area contributed by atoms with E-state index in [4.69, 9.17) is 18.9 Å². The van der Waals surface area contributed by atoms with Crippen LogP contribution in [0.25, 0.3) is 0 Å². The minimum atomic E-state index is -1.87. The van der Waals surface area contributed by atoms with Crippen molar-refractivity contribution in [2.24, 2.45) is 0 Å². The highest BCUT2D eigenvalue weighted by Gasteiger charge is 2.47. The molecule has 0 amide bonds. The van der Waals surface area contributed by atoms with Crippen LogP contribution in [0.5, 0.6) is 0 Å². The Hall–Kier alpha value is -3.35. The summed E-state index contributed by atoms with van der Waals surface area (Å²) in [6, 6.07) is 0. The Balaban J connectivity index is 2.41. The minimum absolute atomic E-state index is 0.161. The summed E-state index contributed by atoms with van der Waals surface area (Å²) in [4.78, 5) is 36.8. The molecule has 4 N–H and O–H groups in total. The van der Waals surface area contributed by atoms with Gasteiger partial charge in [-0.3, -0.25) is 9.59 Å². The van der Waals surface area contributed by atoms with Crippen LogP contribution in [0.4, 0.5) is 0 Å². The van der Waals surface area contributed by atoms with Gasteiger partial charge in [0.15, 0.2) is 18.5 Å². The molecule has 1 fully saturated rings. The molecule has 1 rings (SSSR count). The largest absolute Gasteiger partial charge is 0.479 e. The van der Waals surface area contributed by atoms with Crippen molar-refractivity contribution < 1.29 is 53.8 Å². The summed E-state index contributed by atoms with van der Waals surface area (Å²) in [5, 5.41) is 39.8. The van der Waals surface area contributed by atoms with Gasteiger partial charge in [-0.1, -0.05) is 132 Å². The molecule has 11 heteroatoms. The number of unbranched alkanes of at least 4 members (excludes halogenated alkanes) is 12. The van der Waals surface area contributed by atoms with E-state index in [-0.39, 0.29) is 19.4 Å². The van der Waals surface area contributed by atoms with Crippen LogP contribution in [0.15, 0.2) is 72.9 Å². The summed E-state index contributed by atoms with van der Waals surface area (Å²) >= 11 is 0. The summed E-state index contributed by atoms with van der Waals surface area (Å²) in [5.74, 6) is -2.51. The maximum absolute atomic E-state index is 12.7. The van der Waals surface area contributed by atoms with Crippen LogP contribution in [0, 0.1) is 0 Å². The summed E-state index contributed by atoms with van der Waals surface area (Å²) in [7, 11) is 0. The third kappa shape index (κ3) is 28.1. The van der Waals surface area contributed by atoms with Gasteiger partial charge in [0.05, 0.1) is 6.61 Å². The molecule has 330 valence electrons. The fourth-order valence-corrected chi connectivity index (χ4v) is 6.07. The summed E-state index contributed by atoms with van der Waals surface area (Å²) in [5.41, 5.74) is 0. The number of allylic oxidation sites excluding steroid dienone is 12. The molecule has 0 radical (unpaired) electrons. The number of carbonyl (C=O) groups excluding carboxylic acids is 2. The predicted octanol–water partition coefficient (Wildman–Crippen LogP) is 9.31. The van der Waals surface area contributed by atoms with Crippen molar-refractivity contribution in [3.63, 3.8) is 0 Å². The average Bonchev–Trinajstić information content (AvgIpc) is 3.21. The highest BCUT2D eigenvalue weighted by molar-refractivity contribution is 5.73. The van der Waals surface area contributed by atoms with Gasteiger partial charge in [-0.25, -0.2) is 4.79 Å². The monoisotopic (exact) mass is 817 g/mol. The first-order chi connectivity index (χ1) is 28.2. The Labute approximate surface area is 348 Å². The smallest absolute Gasteiger partial charge is 0.335 e. The lowest BCUT2D eigenvalue weighted by Crippen LogP contribution is -2.60. The van der Waals surface area contributed by atoms with E-state index in [0.717, 1.165) is 89.9 Å². The summed E-state index contributed by atoms with van der Waals surface area (Å²) in [6.45, 7) is 3.63. The standard InChI is InChI=1S/C47H76O11/c1-3-5-7-9-11-13-15-17-18-19-20-21-22-24-25-27-29-31-33-35-40(48)55-37-39(38-56-47-44(52)42(50)43(51)45(58-47)46(53)54)57-41(49)36-34-32-30-28-26-23-16-14-12-10-8-6-4-2/h5,7,11,13-14,16-18,20-21,24-25,39,42-45,47,50-52H,3-4,6,8-10,12,15,19,22-23,26-38H2,1-2H3,(H,53,54)/b7-5-,13-11-,16-14-,18-17-,21-20-,25-24-. The zero-order valence-electron chi connectivity index (χ0n) is 35.5. The van der Waals surface area contributed by atoms with E-state index in [9.17, 15) is 34.8 Å². The fraction of sp³-hybridized carbons (Fsp3) is 0.681. The maximum Gasteiger partial charge on any atom is 0.335 e. The van der Waals surface area contributed by atoms with Gasteiger partial charge in [0, 0.05) is 12.8 Å². The van der Waals surface area contributed by atoms with Crippen LogP contribution in [-0.2, 0) is 33.3 Å².